The molecule has 0 radical (unpaired) electrons. The third kappa shape index (κ3) is 6.32. The minimum Gasteiger partial charge on any atom is -0.378 e. The number of hydrogen-bond donors (Lipinski definition) is 3. The summed E-state index contributed by atoms with van der Waals surface area (Å²) in [6, 6.07) is -0.913. The number of aromatic nitrogens is 1. The van der Waals surface area contributed by atoms with E-state index in [-0.39, 0.29) is 18.3 Å². The van der Waals surface area contributed by atoms with Crippen molar-refractivity contribution < 1.29 is 19.1 Å². The van der Waals surface area contributed by atoms with Crippen LogP contribution in [0, 0.1) is 0 Å². The smallest absolute Gasteiger partial charge is 0.309 e. The van der Waals surface area contributed by atoms with Crippen LogP contribution in [-0.2, 0) is 27.3 Å². The molecule has 1 aromatic heterocycles. The van der Waals surface area contributed by atoms with E-state index in [1.165, 1.54) is 11.3 Å². The molecule has 3 rings (SSSR count). The number of carbonyl (C=O) groups excluding carboxylic acids is 3. The van der Waals surface area contributed by atoms with Gasteiger partial charge in [-0.3, -0.25) is 14.4 Å². The summed E-state index contributed by atoms with van der Waals surface area (Å²) in [6.45, 7) is 2.93. The number of likely N-dealkylation sites (N-methyl/N-ethyl adjacent to an activating group) is 1. The molecule has 0 aromatic carbocycles. The van der Waals surface area contributed by atoms with Crippen LogP contribution in [0.2, 0.25) is 0 Å². The van der Waals surface area contributed by atoms with Crippen LogP contribution in [-0.4, -0.2) is 90.0 Å². The number of likely N-dealkylation sites (tertiary alicyclic amines) is 1. The third-order valence-corrected chi connectivity index (χ3v) is 6.66. The van der Waals surface area contributed by atoms with Crippen LogP contribution < -0.4 is 16.4 Å². The molecule has 1 fully saturated rings. The maximum absolute atomic E-state index is 12.9. The number of fused-ring (bicyclic) bond motifs is 1. The molecule has 3 heterocycles. The number of carbonyl (C=O) groups is 3. The maximum Gasteiger partial charge on any atom is 0.309 e. The molecule has 2 atom stereocenters. The second-order valence-electron chi connectivity index (χ2n) is 7.46. The van der Waals surface area contributed by atoms with Gasteiger partial charge in [0.2, 0.25) is 0 Å². The summed E-state index contributed by atoms with van der Waals surface area (Å²) in [5.74, 6) is -2.24. The zero-order valence-electron chi connectivity index (χ0n) is 17.4. The van der Waals surface area contributed by atoms with Crippen LogP contribution in [0.15, 0.2) is 0 Å². The molecular weight excluding hydrogens is 464 g/mol. The van der Waals surface area contributed by atoms with Crippen molar-refractivity contribution in [2.75, 3.05) is 40.4 Å². The zero-order chi connectivity index (χ0) is 21.8. The lowest BCUT2D eigenvalue weighted by Crippen LogP contribution is -2.62. The van der Waals surface area contributed by atoms with E-state index in [0.717, 1.165) is 30.1 Å². The Labute approximate surface area is 196 Å². The number of nitrogens with one attached hydrogen (secondary N) is 2. The van der Waals surface area contributed by atoms with Gasteiger partial charge in [0.1, 0.15) is 4.99 Å². The Kier molecular flexibility index (Phi) is 9.13. The fourth-order valence-corrected chi connectivity index (χ4v) is 4.98. The maximum atomic E-state index is 12.9. The Balaban J connectivity index is 0.00000341. The molecular formula is C18H27ClN6O4S2. The summed E-state index contributed by atoms with van der Waals surface area (Å²) in [4.78, 5) is 46.3. The van der Waals surface area contributed by atoms with Gasteiger partial charge in [0.15, 0.2) is 5.01 Å². The Bertz CT molecular complexity index is 851. The Morgan fingerprint density at radius 3 is 2.71 bits per heavy atom. The lowest BCUT2D eigenvalue weighted by atomic mass is 9.98. The number of ether oxygens (including phenoxy) is 1. The molecule has 31 heavy (non-hydrogen) atoms. The first kappa shape index (κ1) is 25.4. The van der Waals surface area contributed by atoms with E-state index in [4.69, 9.17) is 22.7 Å². The number of amides is 3. The number of nitrogens with zero attached hydrogens (tertiary/aromatic N) is 3. The molecule has 0 unspecified atom stereocenters. The largest absolute Gasteiger partial charge is 0.378 e. The van der Waals surface area contributed by atoms with Crippen LogP contribution in [0.1, 0.15) is 26.8 Å². The Morgan fingerprint density at radius 2 is 2.03 bits per heavy atom. The van der Waals surface area contributed by atoms with E-state index in [1.54, 1.807) is 7.11 Å². The average Bonchev–Trinajstić information content (AvgIpc) is 3.12. The summed E-state index contributed by atoms with van der Waals surface area (Å²) < 4.78 is 5.11. The SMILES string of the molecule is COCC(=S)N1CC[C@H](NC(=O)C(N)=O)[C@H](NC(=O)c2nc3c(s2)CN(C)CC3)C1.Cl. The molecule has 13 heteroatoms. The molecule has 1 saturated heterocycles. The molecule has 172 valence electrons. The average molecular weight is 491 g/mol. The number of halogens is 1. The quantitative estimate of drug-likeness (QED) is 0.365. The first-order valence-electron chi connectivity index (χ1n) is 9.63. The van der Waals surface area contributed by atoms with Gasteiger partial charge in [0, 0.05) is 44.6 Å². The highest BCUT2D eigenvalue weighted by Gasteiger charge is 2.34. The van der Waals surface area contributed by atoms with E-state index in [9.17, 15) is 14.4 Å². The fourth-order valence-electron chi connectivity index (χ4n) is 3.60. The fraction of sp³-hybridized carbons (Fsp3) is 0.611. The number of piperidine rings is 1. The van der Waals surface area contributed by atoms with Gasteiger partial charge >= 0.3 is 11.8 Å². The van der Waals surface area contributed by atoms with Crippen molar-refractivity contribution in [2.24, 2.45) is 5.73 Å². The van der Waals surface area contributed by atoms with Crippen molar-refractivity contribution in [1.82, 2.24) is 25.4 Å². The highest BCUT2D eigenvalue weighted by molar-refractivity contribution is 7.80. The number of thiazole rings is 1. The second kappa shape index (κ2) is 11.1. The van der Waals surface area contributed by atoms with E-state index >= 15 is 0 Å². The number of nitrogens with two attached hydrogens (primary N) is 1. The summed E-state index contributed by atoms with van der Waals surface area (Å²) >= 11 is 6.77. The normalized spacial score (nSPS) is 20.9. The van der Waals surface area contributed by atoms with Crippen LogP contribution in [0.5, 0.6) is 0 Å². The standard InChI is InChI=1S/C18H26N6O4S2.ClH/c1-23-5-3-11-13(8-23)30-18(22-11)17(27)21-12-7-24(14(29)9-28-2)6-4-10(12)20-16(26)15(19)25;/h10,12H,3-9H2,1-2H3,(H2,19,25)(H,20,26)(H,21,27);1H/t10-,12+;/m0./s1. The minimum atomic E-state index is -1.06. The van der Waals surface area contributed by atoms with Gasteiger partial charge in [-0.25, -0.2) is 4.98 Å². The molecule has 2 aliphatic rings. The Hall–Kier alpha value is -1.86. The highest BCUT2D eigenvalue weighted by atomic mass is 35.5. The number of rotatable bonds is 5. The molecule has 0 saturated carbocycles. The predicted molar refractivity (Wildman–Crippen MR) is 122 cm³/mol. The third-order valence-electron chi connectivity index (χ3n) is 5.21. The lowest BCUT2D eigenvalue weighted by molar-refractivity contribution is -0.138. The highest BCUT2D eigenvalue weighted by Crippen LogP contribution is 2.24. The molecule has 0 aliphatic carbocycles. The summed E-state index contributed by atoms with van der Waals surface area (Å²) in [5, 5.41) is 5.98. The van der Waals surface area contributed by atoms with Crippen molar-refractivity contribution >= 4 is 58.7 Å². The Morgan fingerprint density at radius 1 is 1.29 bits per heavy atom. The van der Waals surface area contributed by atoms with E-state index < -0.39 is 23.9 Å². The minimum absolute atomic E-state index is 0. The lowest BCUT2D eigenvalue weighted by Gasteiger charge is -2.40. The van der Waals surface area contributed by atoms with E-state index in [0.29, 0.717) is 36.1 Å². The second-order valence-corrected chi connectivity index (χ2v) is 9.02. The van der Waals surface area contributed by atoms with Gasteiger partial charge in [0.05, 0.1) is 24.4 Å². The van der Waals surface area contributed by atoms with Crippen LogP contribution >= 0.6 is 36.0 Å². The molecule has 4 N–H and O–H groups in total. The number of primary amides is 1. The van der Waals surface area contributed by atoms with Crippen molar-refractivity contribution in [3.8, 4) is 0 Å². The molecule has 0 spiro atoms. The first-order chi connectivity index (χ1) is 14.3. The molecule has 10 nitrogen and oxygen atoms in total. The van der Waals surface area contributed by atoms with Crippen molar-refractivity contribution in [3.63, 3.8) is 0 Å². The number of thiocarbonyl (C=S) groups is 1. The number of methoxy groups -OCH3 is 1. The van der Waals surface area contributed by atoms with Crippen LogP contribution in [0.4, 0.5) is 0 Å². The van der Waals surface area contributed by atoms with Gasteiger partial charge in [-0.1, -0.05) is 12.2 Å². The van der Waals surface area contributed by atoms with Crippen molar-refractivity contribution in [1.29, 1.82) is 0 Å². The van der Waals surface area contributed by atoms with Crippen molar-refractivity contribution in [2.45, 2.75) is 31.5 Å². The zero-order valence-corrected chi connectivity index (χ0v) is 19.8. The van der Waals surface area contributed by atoms with Gasteiger partial charge in [-0.15, -0.1) is 23.7 Å². The first-order valence-corrected chi connectivity index (χ1v) is 10.9. The monoisotopic (exact) mass is 490 g/mol. The van der Waals surface area contributed by atoms with Crippen LogP contribution in [0.3, 0.4) is 0 Å². The molecule has 1 aromatic rings. The van der Waals surface area contributed by atoms with Gasteiger partial charge in [-0.2, -0.15) is 0 Å². The summed E-state index contributed by atoms with van der Waals surface area (Å²) in [5.41, 5.74) is 6.04. The van der Waals surface area contributed by atoms with E-state index in [1.807, 2.05) is 11.9 Å². The van der Waals surface area contributed by atoms with Gasteiger partial charge in [-0.05, 0) is 13.5 Å². The van der Waals surface area contributed by atoms with Crippen molar-refractivity contribution in [3.05, 3.63) is 15.6 Å². The van der Waals surface area contributed by atoms with Gasteiger partial charge in [0.25, 0.3) is 5.91 Å². The molecule has 2 aliphatic heterocycles. The molecule has 0 bridgehead atoms. The van der Waals surface area contributed by atoms with Gasteiger partial charge < -0.3 is 30.9 Å². The van der Waals surface area contributed by atoms with E-state index in [2.05, 4.69) is 20.5 Å². The molecule has 3 amide bonds. The topological polar surface area (TPSA) is 130 Å². The summed E-state index contributed by atoms with van der Waals surface area (Å²) in [7, 11) is 3.60. The number of hydrogen-bond acceptors (Lipinski definition) is 8. The van der Waals surface area contributed by atoms with Crippen LogP contribution in [0.25, 0.3) is 0 Å². The predicted octanol–water partition coefficient (Wildman–Crippen LogP) is -0.699. The summed E-state index contributed by atoms with van der Waals surface area (Å²) in [6.07, 6.45) is 1.31.